The minimum Gasteiger partial charge on any atom is -0.396 e. The molecule has 1 unspecified atom stereocenters. The fraction of sp³-hybridized carbons (Fsp3) is 0.667. The van der Waals surface area contributed by atoms with E-state index in [9.17, 15) is 4.39 Å². The number of thioether (sulfide) groups is 1. The Balaban J connectivity index is 2.79. The van der Waals surface area contributed by atoms with Crippen molar-refractivity contribution in [2.45, 2.75) is 26.8 Å². The standard InChI is InChI=1S/C12H19ClFN3OS/c1-12(2,3)9(7-19-5-4-18)16-10-8(14)6-15-11(13)17-10/h6,9,18H,4-5,7H2,1-3H3,(H,15,16,17). The fourth-order valence-electron chi connectivity index (χ4n) is 1.39. The van der Waals surface area contributed by atoms with Crippen molar-refractivity contribution in [1.82, 2.24) is 9.97 Å². The Morgan fingerprint density at radius 1 is 1.53 bits per heavy atom. The summed E-state index contributed by atoms with van der Waals surface area (Å²) in [5.74, 6) is 0.988. The highest BCUT2D eigenvalue weighted by molar-refractivity contribution is 7.99. The van der Waals surface area contributed by atoms with Crippen LogP contribution in [0.1, 0.15) is 20.8 Å². The largest absolute Gasteiger partial charge is 0.396 e. The Morgan fingerprint density at radius 2 is 2.21 bits per heavy atom. The lowest BCUT2D eigenvalue weighted by Crippen LogP contribution is -2.37. The number of hydrogen-bond donors (Lipinski definition) is 2. The maximum absolute atomic E-state index is 13.6. The third-order valence-corrected chi connectivity index (χ3v) is 3.81. The number of aromatic nitrogens is 2. The van der Waals surface area contributed by atoms with Crippen LogP contribution in [-0.2, 0) is 0 Å². The molecule has 0 radical (unpaired) electrons. The summed E-state index contributed by atoms with van der Waals surface area (Å²) in [6.45, 7) is 6.32. The molecule has 19 heavy (non-hydrogen) atoms. The van der Waals surface area contributed by atoms with E-state index in [4.69, 9.17) is 16.7 Å². The van der Waals surface area contributed by atoms with Crippen molar-refractivity contribution in [2.75, 3.05) is 23.4 Å². The SMILES string of the molecule is CC(C)(C)C(CSCCO)Nc1nc(Cl)ncc1F. The number of aliphatic hydroxyl groups is 1. The van der Waals surface area contributed by atoms with Crippen molar-refractivity contribution >= 4 is 29.2 Å². The van der Waals surface area contributed by atoms with E-state index in [1.165, 1.54) is 0 Å². The lowest BCUT2D eigenvalue weighted by Gasteiger charge is -2.31. The molecule has 0 aliphatic rings. The van der Waals surface area contributed by atoms with Gasteiger partial charge in [-0.15, -0.1) is 0 Å². The van der Waals surface area contributed by atoms with Gasteiger partial charge in [0.25, 0.3) is 0 Å². The van der Waals surface area contributed by atoms with Gasteiger partial charge in [0.05, 0.1) is 12.8 Å². The predicted octanol–water partition coefficient (Wildman–Crippen LogP) is 2.82. The molecule has 7 heteroatoms. The molecule has 4 nitrogen and oxygen atoms in total. The molecular weight excluding hydrogens is 289 g/mol. The van der Waals surface area contributed by atoms with Crippen LogP contribution in [0.25, 0.3) is 0 Å². The highest BCUT2D eigenvalue weighted by atomic mass is 35.5. The first-order valence-electron chi connectivity index (χ1n) is 5.97. The van der Waals surface area contributed by atoms with Gasteiger partial charge >= 0.3 is 0 Å². The van der Waals surface area contributed by atoms with Crippen LogP contribution in [0.2, 0.25) is 5.28 Å². The molecule has 0 bridgehead atoms. The number of nitrogens with zero attached hydrogens (tertiary/aromatic N) is 2. The summed E-state index contributed by atoms with van der Waals surface area (Å²) in [6.07, 6.45) is 1.05. The average molecular weight is 308 g/mol. The summed E-state index contributed by atoms with van der Waals surface area (Å²) < 4.78 is 13.6. The Morgan fingerprint density at radius 3 is 2.79 bits per heavy atom. The van der Waals surface area contributed by atoms with Gasteiger partial charge < -0.3 is 10.4 Å². The molecule has 0 fully saturated rings. The second-order valence-corrected chi connectivity index (χ2v) is 6.68. The Hall–Kier alpha value is -0.590. The monoisotopic (exact) mass is 307 g/mol. The van der Waals surface area contributed by atoms with E-state index in [1.807, 2.05) is 0 Å². The fourth-order valence-corrected chi connectivity index (χ4v) is 2.63. The average Bonchev–Trinajstić information content (AvgIpc) is 2.31. The number of nitrogens with one attached hydrogen (secondary N) is 1. The van der Waals surface area contributed by atoms with Crippen LogP contribution >= 0.6 is 23.4 Å². The third-order valence-electron chi connectivity index (χ3n) is 2.59. The molecule has 1 aromatic heterocycles. The minimum absolute atomic E-state index is 0.00418. The maximum atomic E-state index is 13.6. The molecule has 0 aliphatic carbocycles. The highest BCUT2D eigenvalue weighted by Crippen LogP contribution is 2.26. The maximum Gasteiger partial charge on any atom is 0.224 e. The van der Waals surface area contributed by atoms with Crippen molar-refractivity contribution in [3.8, 4) is 0 Å². The van der Waals surface area contributed by atoms with Crippen molar-refractivity contribution < 1.29 is 9.50 Å². The van der Waals surface area contributed by atoms with Gasteiger partial charge in [-0.3, -0.25) is 0 Å². The molecule has 1 rings (SSSR count). The quantitative estimate of drug-likeness (QED) is 0.625. The summed E-state index contributed by atoms with van der Waals surface area (Å²) in [4.78, 5) is 7.45. The zero-order valence-corrected chi connectivity index (χ0v) is 12.9. The molecule has 1 heterocycles. The van der Waals surface area contributed by atoms with Crippen molar-refractivity contribution in [3.05, 3.63) is 17.3 Å². The van der Waals surface area contributed by atoms with Crippen LogP contribution in [-0.4, -0.2) is 39.2 Å². The van der Waals surface area contributed by atoms with Crippen LogP contribution in [0.3, 0.4) is 0 Å². The normalized spacial score (nSPS) is 13.4. The van der Waals surface area contributed by atoms with Crippen molar-refractivity contribution in [3.63, 3.8) is 0 Å². The summed E-state index contributed by atoms with van der Waals surface area (Å²) >= 11 is 7.28. The molecule has 0 aliphatic heterocycles. The third kappa shape index (κ3) is 5.50. The van der Waals surface area contributed by atoms with Crippen molar-refractivity contribution in [2.24, 2.45) is 5.41 Å². The smallest absolute Gasteiger partial charge is 0.224 e. The molecular formula is C12H19ClFN3OS. The van der Waals surface area contributed by atoms with Gasteiger partial charge in [0.1, 0.15) is 0 Å². The van der Waals surface area contributed by atoms with Gasteiger partial charge in [-0.25, -0.2) is 9.37 Å². The molecule has 0 saturated heterocycles. The van der Waals surface area contributed by atoms with E-state index in [0.717, 1.165) is 11.9 Å². The summed E-state index contributed by atoms with van der Waals surface area (Å²) in [7, 11) is 0. The Kier molecular flexibility index (Phi) is 6.29. The van der Waals surface area contributed by atoms with E-state index in [1.54, 1.807) is 11.8 Å². The highest BCUT2D eigenvalue weighted by Gasteiger charge is 2.25. The van der Waals surface area contributed by atoms with Gasteiger partial charge in [-0.2, -0.15) is 16.7 Å². The summed E-state index contributed by atoms with van der Waals surface area (Å²) in [6, 6.07) is 0.00418. The lowest BCUT2D eigenvalue weighted by atomic mass is 9.88. The first-order chi connectivity index (χ1) is 8.84. The van der Waals surface area contributed by atoms with Crippen molar-refractivity contribution in [1.29, 1.82) is 0 Å². The molecule has 2 N–H and O–H groups in total. The molecule has 1 aromatic rings. The van der Waals surface area contributed by atoms with E-state index in [0.29, 0.717) is 5.75 Å². The number of aliphatic hydroxyl groups excluding tert-OH is 1. The van der Waals surface area contributed by atoms with Gasteiger partial charge in [-0.05, 0) is 17.0 Å². The van der Waals surface area contributed by atoms with Gasteiger partial charge in [0, 0.05) is 17.5 Å². The second kappa shape index (κ2) is 7.26. The number of anilines is 1. The van der Waals surface area contributed by atoms with E-state index < -0.39 is 5.82 Å². The first kappa shape index (κ1) is 16.5. The first-order valence-corrected chi connectivity index (χ1v) is 7.51. The van der Waals surface area contributed by atoms with Gasteiger partial charge in [0.2, 0.25) is 5.28 Å². The second-order valence-electron chi connectivity index (χ2n) is 5.20. The minimum atomic E-state index is -0.522. The predicted molar refractivity (Wildman–Crippen MR) is 78.3 cm³/mol. The molecule has 0 aromatic carbocycles. The van der Waals surface area contributed by atoms with E-state index >= 15 is 0 Å². The van der Waals surface area contributed by atoms with Crippen LogP contribution in [0, 0.1) is 11.2 Å². The summed E-state index contributed by atoms with van der Waals surface area (Å²) in [5, 5.41) is 11.9. The molecule has 0 spiro atoms. The van der Waals surface area contributed by atoms with Crippen LogP contribution in [0.15, 0.2) is 6.20 Å². The Labute approximate surface area is 122 Å². The van der Waals surface area contributed by atoms with Crippen LogP contribution < -0.4 is 5.32 Å². The number of rotatable bonds is 6. The van der Waals surface area contributed by atoms with Crippen LogP contribution in [0.4, 0.5) is 10.2 Å². The summed E-state index contributed by atoms with van der Waals surface area (Å²) in [5.41, 5.74) is -0.0771. The lowest BCUT2D eigenvalue weighted by molar-refractivity contribution is 0.322. The zero-order valence-electron chi connectivity index (χ0n) is 11.3. The topological polar surface area (TPSA) is 58.0 Å². The number of hydrogen-bond acceptors (Lipinski definition) is 5. The molecule has 0 amide bonds. The molecule has 108 valence electrons. The molecule has 1 atom stereocenters. The number of halogens is 2. The zero-order chi connectivity index (χ0) is 14.5. The van der Waals surface area contributed by atoms with Gasteiger partial charge in [0.15, 0.2) is 11.6 Å². The molecule has 0 saturated carbocycles. The van der Waals surface area contributed by atoms with E-state index in [-0.39, 0.29) is 29.2 Å². The van der Waals surface area contributed by atoms with E-state index in [2.05, 4.69) is 36.1 Å². The van der Waals surface area contributed by atoms with Gasteiger partial charge in [-0.1, -0.05) is 20.8 Å². The Bertz CT molecular complexity index is 414. The van der Waals surface area contributed by atoms with Crippen LogP contribution in [0.5, 0.6) is 0 Å².